The van der Waals surface area contributed by atoms with Crippen molar-refractivity contribution in [3.8, 4) is 0 Å². The van der Waals surface area contributed by atoms with Crippen LogP contribution in [0.5, 0.6) is 0 Å². The number of nitrogens with one attached hydrogen (secondary N) is 1. The number of hydrogen-bond acceptors (Lipinski definition) is 5. The fourth-order valence-corrected chi connectivity index (χ4v) is 1.58. The second-order valence-electron chi connectivity index (χ2n) is 4.20. The number of anilines is 1. The fourth-order valence-electron chi connectivity index (χ4n) is 1.58. The zero-order valence-corrected chi connectivity index (χ0v) is 11.2. The van der Waals surface area contributed by atoms with Gasteiger partial charge in [0.25, 0.3) is 5.91 Å². The number of amides is 1. The van der Waals surface area contributed by atoms with E-state index in [0.29, 0.717) is 12.6 Å². The first-order valence-corrected chi connectivity index (χ1v) is 6.18. The third-order valence-electron chi connectivity index (χ3n) is 2.54. The van der Waals surface area contributed by atoms with Gasteiger partial charge in [0.2, 0.25) is 5.95 Å². The summed E-state index contributed by atoms with van der Waals surface area (Å²) in [5.74, 6) is 0.238. The molecule has 6 nitrogen and oxygen atoms in total. The normalized spacial score (nSPS) is 10.1. The van der Waals surface area contributed by atoms with Crippen LogP contribution < -0.4 is 10.4 Å². The van der Waals surface area contributed by atoms with E-state index in [9.17, 15) is 4.79 Å². The molecule has 0 aliphatic carbocycles. The number of hydrogen-bond donors (Lipinski definition) is 1. The van der Waals surface area contributed by atoms with Gasteiger partial charge in [-0.3, -0.25) is 9.63 Å². The lowest BCUT2D eigenvalue weighted by Gasteiger charge is -2.15. The lowest BCUT2D eigenvalue weighted by molar-refractivity contribution is -0.133. The molecule has 1 heterocycles. The smallest absolute Gasteiger partial charge is 0.263 e. The van der Waals surface area contributed by atoms with E-state index in [4.69, 9.17) is 4.84 Å². The van der Waals surface area contributed by atoms with E-state index in [2.05, 4.69) is 15.4 Å². The molecule has 20 heavy (non-hydrogen) atoms. The molecule has 2 rings (SSSR count). The Hall–Kier alpha value is -2.47. The van der Waals surface area contributed by atoms with Gasteiger partial charge in [-0.1, -0.05) is 30.3 Å². The molecule has 0 bridgehead atoms. The summed E-state index contributed by atoms with van der Waals surface area (Å²) in [6.07, 6.45) is 3.26. The molecule has 0 saturated carbocycles. The number of benzene rings is 1. The Balaban J connectivity index is 1.73. The topological polar surface area (TPSA) is 67.4 Å². The van der Waals surface area contributed by atoms with E-state index in [1.165, 1.54) is 0 Å². The van der Waals surface area contributed by atoms with Crippen LogP contribution in [0.25, 0.3) is 0 Å². The summed E-state index contributed by atoms with van der Waals surface area (Å²) >= 11 is 0. The molecule has 1 amide bonds. The van der Waals surface area contributed by atoms with Gasteiger partial charge in [0.05, 0.1) is 6.61 Å². The van der Waals surface area contributed by atoms with Crippen molar-refractivity contribution in [3.63, 3.8) is 0 Å². The first-order valence-electron chi connectivity index (χ1n) is 6.18. The molecule has 1 aromatic heterocycles. The Morgan fingerprint density at radius 3 is 2.60 bits per heavy atom. The summed E-state index contributed by atoms with van der Waals surface area (Å²) < 4.78 is 0. The molecule has 0 saturated heterocycles. The lowest BCUT2D eigenvalue weighted by Crippen LogP contribution is -2.35. The Kier molecular flexibility index (Phi) is 5.02. The average molecular weight is 272 g/mol. The first kappa shape index (κ1) is 14.0. The van der Waals surface area contributed by atoms with Gasteiger partial charge in [0.15, 0.2) is 0 Å². The van der Waals surface area contributed by atoms with Crippen molar-refractivity contribution in [1.82, 2.24) is 15.4 Å². The molecule has 0 aliphatic heterocycles. The highest BCUT2D eigenvalue weighted by Gasteiger charge is 2.09. The molecule has 1 N–H and O–H groups in total. The van der Waals surface area contributed by atoms with Gasteiger partial charge >= 0.3 is 0 Å². The molecule has 0 radical (unpaired) electrons. The predicted molar refractivity (Wildman–Crippen MR) is 74.7 cm³/mol. The van der Waals surface area contributed by atoms with Gasteiger partial charge in [-0.05, 0) is 11.6 Å². The largest absolute Gasteiger partial charge is 0.334 e. The molecule has 1 aromatic carbocycles. The van der Waals surface area contributed by atoms with Crippen molar-refractivity contribution in [1.29, 1.82) is 0 Å². The van der Waals surface area contributed by atoms with Crippen LogP contribution in [-0.4, -0.2) is 29.5 Å². The van der Waals surface area contributed by atoms with Crippen LogP contribution in [0.4, 0.5) is 5.95 Å². The molecule has 0 unspecified atom stereocenters. The van der Waals surface area contributed by atoms with E-state index < -0.39 is 0 Å². The Morgan fingerprint density at radius 1 is 1.20 bits per heavy atom. The van der Waals surface area contributed by atoms with Crippen LogP contribution >= 0.6 is 0 Å². The maximum absolute atomic E-state index is 11.7. The average Bonchev–Trinajstić information content (AvgIpc) is 2.49. The van der Waals surface area contributed by atoms with Gasteiger partial charge in [-0.25, -0.2) is 15.4 Å². The van der Waals surface area contributed by atoms with Crippen molar-refractivity contribution in [2.75, 3.05) is 18.5 Å². The molecular weight excluding hydrogens is 256 g/mol. The predicted octanol–water partition coefficient (Wildman–Crippen LogP) is 1.16. The Labute approximate surface area is 117 Å². The summed E-state index contributed by atoms with van der Waals surface area (Å²) in [6.45, 7) is 0.455. The summed E-state index contributed by atoms with van der Waals surface area (Å²) in [6, 6.07) is 11.3. The quantitative estimate of drug-likeness (QED) is 0.799. The first-order chi connectivity index (χ1) is 9.75. The van der Waals surface area contributed by atoms with Crippen LogP contribution in [0.2, 0.25) is 0 Å². The fraction of sp³-hybridized carbons (Fsp3) is 0.214. The van der Waals surface area contributed by atoms with Crippen molar-refractivity contribution < 1.29 is 9.63 Å². The third-order valence-corrected chi connectivity index (χ3v) is 2.54. The van der Waals surface area contributed by atoms with Gasteiger partial charge in [-0.2, -0.15) is 0 Å². The maximum Gasteiger partial charge on any atom is 0.263 e. The molecule has 0 atom stereocenters. The molecule has 6 heteroatoms. The minimum Gasteiger partial charge on any atom is -0.334 e. The maximum atomic E-state index is 11.7. The summed E-state index contributed by atoms with van der Waals surface area (Å²) in [7, 11) is 1.74. The van der Waals surface area contributed by atoms with Crippen LogP contribution in [0, 0.1) is 0 Å². The number of aromatic nitrogens is 2. The van der Waals surface area contributed by atoms with Crippen LogP contribution in [0.15, 0.2) is 48.8 Å². The highest BCUT2D eigenvalue weighted by Crippen LogP contribution is 2.01. The lowest BCUT2D eigenvalue weighted by atomic mass is 10.2. The summed E-state index contributed by atoms with van der Waals surface area (Å²) in [4.78, 5) is 26.6. The molecule has 2 aromatic rings. The molecule has 0 fully saturated rings. The van der Waals surface area contributed by atoms with Crippen LogP contribution in [0.1, 0.15) is 5.56 Å². The highest BCUT2D eigenvalue weighted by molar-refractivity contribution is 5.79. The van der Waals surface area contributed by atoms with E-state index in [1.807, 2.05) is 30.3 Å². The van der Waals surface area contributed by atoms with Crippen molar-refractivity contribution in [2.45, 2.75) is 6.61 Å². The Morgan fingerprint density at radius 2 is 1.90 bits per heavy atom. The second-order valence-corrected chi connectivity index (χ2v) is 4.20. The standard InChI is InChI=1S/C14H16N4O2/c1-18(14-15-8-5-9-16-14)10-13(19)17-20-11-12-6-3-2-4-7-12/h2-9H,10-11H2,1H3,(H,17,19). The van der Waals surface area contributed by atoms with Crippen LogP contribution in [0.3, 0.4) is 0 Å². The van der Waals surface area contributed by atoms with E-state index in [0.717, 1.165) is 5.56 Å². The van der Waals surface area contributed by atoms with E-state index >= 15 is 0 Å². The second kappa shape index (κ2) is 7.20. The minimum absolute atomic E-state index is 0.124. The monoisotopic (exact) mass is 272 g/mol. The van der Waals surface area contributed by atoms with Gasteiger partial charge < -0.3 is 4.90 Å². The summed E-state index contributed by atoms with van der Waals surface area (Å²) in [5, 5.41) is 0. The number of hydroxylamine groups is 1. The number of carbonyl (C=O) groups is 1. The molecular formula is C14H16N4O2. The number of likely N-dealkylation sites (N-methyl/N-ethyl adjacent to an activating group) is 1. The van der Waals surface area contributed by atoms with Gasteiger partial charge in [0.1, 0.15) is 6.54 Å². The number of nitrogens with zero attached hydrogens (tertiary/aromatic N) is 3. The van der Waals surface area contributed by atoms with Crippen molar-refractivity contribution in [3.05, 3.63) is 54.4 Å². The molecule has 0 spiro atoms. The minimum atomic E-state index is -0.254. The number of carbonyl (C=O) groups excluding carboxylic acids is 1. The summed E-state index contributed by atoms with van der Waals surface area (Å²) in [5.41, 5.74) is 3.39. The van der Waals surface area contributed by atoms with Crippen molar-refractivity contribution in [2.24, 2.45) is 0 Å². The zero-order valence-electron chi connectivity index (χ0n) is 11.2. The van der Waals surface area contributed by atoms with Crippen LogP contribution in [-0.2, 0) is 16.2 Å². The molecule has 104 valence electrons. The van der Waals surface area contributed by atoms with Gasteiger partial charge in [-0.15, -0.1) is 0 Å². The Bertz CT molecular complexity index is 533. The highest BCUT2D eigenvalue weighted by atomic mass is 16.6. The van der Waals surface area contributed by atoms with Crippen molar-refractivity contribution >= 4 is 11.9 Å². The molecule has 0 aliphatic rings. The van der Waals surface area contributed by atoms with E-state index in [1.54, 1.807) is 30.4 Å². The zero-order chi connectivity index (χ0) is 14.2. The number of rotatable bonds is 6. The van der Waals surface area contributed by atoms with E-state index in [-0.39, 0.29) is 12.5 Å². The van der Waals surface area contributed by atoms with Gasteiger partial charge in [0, 0.05) is 19.4 Å². The SMILES string of the molecule is CN(CC(=O)NOCc1ccccc1)c1ncccn1. The third kappa shape index (κ3) is 4.33.